The topological polar surface area (TPSA) is 50.5 Å². The molecule has 0 spiro atoms. The highest BCUT2D eigenvalue weighted by molar-refractivity contribution is 8.18. The number of carbonyl (C=O) groups excluding carboxylic acids is 2. The minimum absolute atomic E-state index is 0.221. The zero-order valence-corrected chi connectivity index (χ0v) is 19.9. The fraction of sp³-hybridized carbons (Fsp3) is 0.0714. The summed E-state index contributed by atoms with van der Waals surface area (Å²) < 4.78 is 5.86. The minimum atomic E-state index is -0.325. The van der Waals surface area contributed by atoms with Gasteiger partial charge in [0, 0.05) is 11.6 Å². The molecule has 1 aliphatic rings. The number of thioether (sulfide) groups is 1. The molecule has 3 aromatic carbocycles. The third kappa shape index (κ3) is 4.45. The van der Waals surface area contributed by atoms with Crippen molar-refractivity contribution in [2.24, 2.45) is 0 Å². The number of furan rings is 1. The number of aryl methyl sites for hydroxylation is 1. The molecule has 0 unspecified atom stereocenters. The average molecular weight is 486 g/mol. The predicted octanol–water partition coefficient (Wildman–Crippen LogP) is 7.81. The van der Waals surface area contributed by atoms with E-state index in [1.54, 1.807) is 24.3 Å². The second-order valence-corrected chi connectivity index (χ2v) is 9.36. The highest BCUT2D eigenvalue weighted by Gasteiger charge is 2.35. The maximum Gasteiger partial charge on any atom is 0.293 e. The zero-order valence-electron chi connectivity index (χ0n) is 18.3. The molecule has 1 saturated heterocycles. The number of rotatable bonds is 5. The van der Waals surface area contributed by atoms with E-state index in [-0.39, 0.29) is 17.7 Å². The number of hydrogen-bond acceptors (Lipinski definition) is 4. The van der Waals surface area contributed by atoms with Gasteiger partial charge in [0.1, 0.15) is 11.5 Å². The van der Waals surface area contributed by atoms with Crippen LogP contribution >= 0.6 is 23.4 Å². The molecule has 6 heteroatoms. The summed E-state index contributed by atoms with van der Waals surface area (Å²) in [5, 5.41) is 0.286. The van der Waals surface area contributed by atoms with Gasteiger partial charge in [0.25, 0.3) is 11.1 Å². The molecule has 0 atom stereocenters. The molecule has 4 nitrogen and oxygen atoms in total. The number of imide groups is 1. The van der Waals surface area contributed by atoms with Crippen molar-refractivity contribution in [3.05, 3.63) is 112 Å². The van der Waals surface area contributed by atoms with Gasteiger partial charge in [0.05, 0.1) is 16.5 Å². The average Bonchev–Trinajstić information content (AvgIpc) is 3.40. The van der Waals surface area contributed by atoms with Crippen LogP contribution in [0.3, 0.4) is 0 Å². The largest absolute Gasteiger partial charge is 0.457 e. The van der Waals surface area contributed by atoms with E-state index in [2.05, 4.69) is 19.1 Å². The van der Waals surface area contributed by atoms with Gasteiger partial charge >= 0.3 is 0 Å². The van der Waals surface area contributed by atoms with Crippen molar-refractivity contribution < 1.29 is 14.0 Å². The van der Waals surface area contributed by atoms with E-state index in [1.807, 2.05) is 54.6 Å². The van der Waals surface area contributed by atoms with Crippen LogP contribution in [0.4, 0.5) is 4.79 Å². The summed E-state index contributed by atoms with van der Waals surface area (Å²) in [5.74, 6) is 0.765. The molecule has 34 heavy (non-hydrogen) atoms. The number of carbonyl (C=O) groups is 2. The van der Waals surface area contributed by atoms with Crippen molar-refractivity contribution in [1.82, 2.24) is 4.90 Å². The fourth-order valence-corrected chi connectivity index (χ4v) is 4.92. The lowest BCUT2D eigenvalue weighted by atomic mass is 9.99. The summed E-state index contributed by atoms with van der Waals surface area (Å²) in [7, 11) is 0. The highest BCUT2D eigenvalue weighted by atomic mass is 35.5. The summed E-state index contributed by atoms with van der Waals surface area (Å²) >= 11 is 7.16. The van der Waals surface area contributed by atoms with E-state index in [1.165, 1.54) is 10.5 Å². The van der Waals surface area contributed by atoms with Gasteiger partial charge in [-0.2, -0.15) is 0 Å². The second-order valence-electron chi connectivity index (χ2n) is 7.96. The van der Waals surface area contributed by atoms with Crippen molar-refractivity contribution in [3.8, 4) is 22.5 Å². The first-order chi connectivity index (χ1) is 16.5. The Hall–Kier alpha value is -3.54. The third-order valence-corrected chi connectivity index (χ3v) is 6.90. The maximum absolute atomic E-state index is 12.9. The van der Waals surface area contributed by atoms with E-state index in [0.717, 1.165) is 34.0 Å². The number of benzene rings is 3. The van der Waals surface area contributed by atoms with Gasteiger partial charge in [0.2, 0.25) is 0 Å². The number of amides is 2. The molecule has 4 aromatic rings. The zero-order chi connectivity index (χ0) is 23.7. The van der Waals surface area contributed by atoms with Gasteiger partial charge in [-0.05, 0) is 65.2 Å². The normalized spacial score (nSPS) is 14.9. The second kappa shape index (κ2) is 9.37. The Kier molecular flexibility index (Phi) is 6.14. The Labute approximate surface area is 206 Å². The van der Waals surface area contributed by atoms with Crippen LogP contribution in [0.25, 0.3) is 28.5 Å². The minimum Gasteiger partial charge on any atom is -0.457 e. The summed E-state index contributed by atoms with van der Waals surface area (Å²) in [4.78, 5) is 27.1. The Morgan fingerprint density at radius 1 is 0.882 bits per heavy atom. The molecular weight excluding hydrogens is 466 g/mol. The van der Waals surface area contributed by atoms with Crippen LogP contribution < -0.4 is 0 Å². The van der Waals surface area contributed by atoms with Crippen LogP contribution in [0.15, 0.2) is 94.3 Å². The van der Waals surface area contributed by atoms with Crippen molar-refractivity contribution in [3.63, 3.8) is 0 Å². The standard InChI is InChI=1S/C28H20ClNO3S/c1-18-6-2-3-7-22(18)20-12-10-19(11-13-20)17-30-27(31)26(34-28(30)32)16-21-14-15-25(33-21)23-8-4-5-9-24(23)29/h2-16H,17H2,1H3/b26-16-. The first kappa shape index (κ1) is 22.3. The van der Waals surface area contributed by atoms with E-state index in [0.29, 0.717) is 21.4 Å². The van der Waals surface area contributed by atoms with Crippen molar-refractivity contribution in [2.45, 2.75) is 13.5 Å². The SMILES string of the molecule is Cc1ccccc1-c1ccc(CN2C(=O)S/C(=C\c3ccc(-c4ccccc4Cl)o3)C2=O)cc1. The van der Waals surface area contributed by atoms with Gasteiger partial charge < -0.3 is 4.42 Å². The van der Waals surface area contributed by atoms with Crippen LogP contribution in [0, 0.1) is 6.92 Å². The molecule has 0 saturated carbocycles. The summed E-state index contributed by atoms with van der Waals surface area (Å²) in [6.45, 7) is 2.30. The molecule has 168 valence electrons. The monoisotopic (exact) mass is 485 g/mol. The van der Waals surface area contributed by atoms with Crippen LogP contribution in [0.1, 0.15) is 16.9 Å². The highest BCUT2D eigenvalue weighted by Crippen LogP contribution is 2.35. The molecule has 0 aliphatic carbocycles. The van der Waals surface area contributed by atoms with Crippen LogP contribution in [-0.2, 0) is 11.3 Å². The smallest absolute Gasteiger partial charge is 0.293 e. The van der Waals surface area contributed by atoms with E-state index in [9.17, 15) is 9.59 Å². The molecule has 1 aliphatic heterocycles. The Bertz CT molecular complexity index is 1420. The van der Waals surface area contributed by atoms with Gasteiger partial charge in [-0.25, -0.2) is 0 Å². The lowest BCUT2D eigenvalue weighted by Crippen LogP contribution is -2.27. The lowest BCUT2D eigenvalue weighted by Gasteiger charge is -2.13. The Balaban J connectivity index is 1.32. The fourth-order valence-electron chi connectivity index (χ4n) is 3.87. The summed E-state index contributed by atoms with van der Waals surface area (Å²) in [6, 6.07) is 27.1. The van der Waals surface area contributed by atoms with E-state index < -0.39 is 0 Å². The molecule has 5 rings (SSSR count). The lowest BCUT2D eigenvalue weighted by molar-refractivity contribution is -0.123. The van der Waals surface area contributed by atoms with E-state index in [4.69, 9.17) is 16.0 Å². The molecule has 1 fully saturated rings. The third-order valence-electron chi connectivity index (χ3n) is 5.66. The first-order valence-corrected chi connectivity index (χ1v) is 11.9. The van der Waals surface area contributed by atoms with Gasteiger partial charge in [-0.3, -0.25) is 14.5 Å². The van der Waals surface area contributed by atoms with E-state index >= 15 is 0 Å². The van der Waals surface area contributed by atoms with Crippen LogP contribution in [0.2, 0.25) is 5.02 Å². The summed E-state index contributed by atoms with van der Waals surface area (Å²) in [5.41, 5.74) is 5.12. The number of halogens is 1. The summed E-state index contributed by atoms with van der Waals surface area (Å²) in [6.07, 6.45) is 1.60. The molecule has 0 N–H and O–H groups in total. The van der Waals surface area contributed by atoms with Crippen LogP contribution in [-0.4, -0.2) is 16.0 Å². The molecule has 2 heterocycles. The Morgan fingerprint density at radius 2 is 1.59 bits per heavy atom. The van der Waals surface area contributed by atoms with Crippen molar-refractivity contribution in [1.29, 1.82) is 0 Å². The molecule has 2 amide bonds. The van der Waals surface area contributed by atoms with Gasteiger partial charge in [0.15, 0.2) is 0 Å². The maximum atomic E-state index is 12.9. The van der Waals surface area contributed by atoms with Crippen molar-refractivity contribution >= 4 is 40.6 Å². The quantitative estimate of drug-likeness (QED) is 0.270. The van der Waals surface area contributed by atoms with Crippen LogP contribution in [0.5, 0.6) is 0 Å². The first-order valence-electron chi connectivity index (χ1n) is 10.7. The molecule has 1 aromatic heterocycles. The molecule has 0 radical (unpaired) electrons. The van der Waals surface area contributed by atoms with Gasteiger partial charge in [-0.15, -0.1) is 0 Å². The Morgan fingerprint density at radius 3 is 2.32 bits per heavy atom. The van der Waals surface area contributed by atoms with Gasteiger partial charge in [-0.1, -0.05) is 72.3 Å². The predicted molar refractivity (Wildman–Crippen MR) is 137 cm³/mol. The number of nitrogens with zero attached hydrogens (tertiary/aromatic N) is 1. The van der Waals surface area contributed by atoms with Crippen molar-refractivity contribution in [2.75, 3.05) is 0 Å². The molecular formula is C28H20ClNO3S. The number of hydrogen-bond donors (Lipinski definition) is 0. The molecule has 0 bridgehead atoms.